The molecule has 106 valence electrons. The molecule has 1 heterocycles. The van der Waals surface area contributed by atoms with Gasteiger partial charge in [0, 0.05) is 18.1 Å². The first-order valence-corrected chi connectivity index (χ1v) is 6.98. The molecule has 0 saturated carbocycles. The second-order valence-corrected chi connectivity index (χ2v) is 5.41. The van der Waals surface area contributed by atoms with Crippen molar-refractivity contribution in [2.24, 2.45) is 0 Å². The maximum absolute atomic E-state index is 9.93. The van der Waals surface area contributed by atoms with E-state index in [1.54, 1.807) is 24.3 Å². The van der Waals surface area contributed by atoms with Crippen molar-refractivity contribution in [1.82, 2.24) is 4.90 Å². The van der Waals surface area contributed by atoms with Gasteiger partial charge in [0.1, 0.15) is 18.5 Å². The van der Waals surface area contributed by atoms with Crippen LogP contribution in [0.2, 0.25) is 5.02 Å². The molecule has 1 aromatic rings. The maximum atomic E-state index is 9.93. The molecule has 5 heteroatoms. The van der Waals surface area contributed by atoms with Gasteiger partial charge in [0.2, 0.25) is 0 Å². The summed E-state index contributed by atoms with van der Waals surface area (Å²) in [6, 6.07) is 7.06. The van der Waals surface area contributed by atoms with Gasteiger partial charge < -0.3 is 14.9 Å². The van der Waals surface area contributed by atoms with E-state index in [9.17, 15) is 10.2 Å². The maximum Gasteiger partial charge on any atom is 0.119 e. The molecule has 4 nitrogen and oxygen atoms in total. The van der Waals surface area contributed by atoms with Crippen LogP contribution in [0.5, 0.6) is 5.75 Å². The second-order valence-electron chi connectivity index (χ2n) is 4.97. The quantitative estimate of drug-likeness (QED) is 0.862. The van der Waals surface area contributed by atoms with Gasteiger partial charge in [-0.2, -0.15) is 0 Å². The molecule has 1 fully saturated rings. The third-order valence-corrected chi connectivity index (χ3v) is 3.46. The molecule has 1 aliphatic heterocycles. The molecule has 2 rings (SSSR count). The van der Waals surface area contributed by atoms with E-state index in [4.69, 9.17) is 16.3 Å². The van der Waals surface area contributed by atoms with Gasteiger partial charge >= 0.3 is 0 Å². The predicted molar refractivity (Wildman–Crippen MR) is 74.6 cm³/mol. The van der Waals surface area contributed by atoms with Crippen LogP contribution in [0.3, 0.4) is 0 Å². The zero-order valence-electron chi connectivity index (χ0n) is 10.8. The van der Waals surface area contributed by atoms with Gasteiger partial charge in [-0.1, -0.05) is 11.6 Å². The van der Waals surface area contributed by atoms with Crippen molar-refractivity contribution in [3.63, 3.8) is 0 Å². The number of likely N-dealkylation sites (tertiary alicyclic amines) is 1. The standard InChI is InChI=1S/C14H20ClNO3/c15-11-3-5-14(6-4-11)19-10-13(18)9-16-7-1-2-12(17)8-16/h3-6,12-13,17-18H,1-2,7-10H2/t12-,13-/m0/s1. The lowest BCUT2D eigenvalue weighted by molar-refractivity contribution is 0.0243. The molecule has 0 amide bonds. The van der Waals surface area contributed by atoms with Crippen molar-refractivity contribution >= 4 is 11.6 Å². The minimum absolute atomic E-state index is 0.244. The molecule has 2 N–H and O–H groups in total. The van der Waals surface area contributed by atoms with E-state index < -0.39 is 6.10 Å². The van der Waals surface area contributed by atoms with Gasteiger partial charge in [-0.3, -0.25) is 4.90 Å². The summed E-state index contributed by atoms with van der Waals surface area (Å²) in [4.78, 5) is 2.07. The van der Waals surface area contributed by atoms with E-state index in [0.29, 0.717) is 23.9 Å². The smallest absolute Gasteiger partial charge is 0.119 e. The van der Waals surface area contributed by atoms with Crippen molar-refractivity contribution in [3.05, 3.63) is 29.3 Å². The van der Waals surface area contributed by atoms with Gasteiger partial charge in [-0.15, -0.1) is 0 Å². The van der Waals surface area contributed by atoms with E-state index in [1.807, 2.05) is 0 Å². The summed E-state index contributed by atoms with van der Waals surface area (Å²) >= 11 is 5.78. The van der Waals surface area contributed by atoms with Crippen LogP contribution in [0.15, 0.2) is 24.3 Å². The molecule has 0 spiro atoms. The Bertz CT molecular complexity index is 385. The van der Waals surface area contributed by atoms with Crippen molar-refractivity contribution in [2.75, 3.05) is 26.2 Å². The van der Waals surface area contributed by atoms with Crippen LogP contribution in [0.4, 0.5) is 0 Å². The zero-order chi connectivity index (χ0) is 13.7. The Morgan fingerprint density at radius 3 is 2.79 bits per heavy atom. The number of hydrogen-bond donors (Lipinski definition) is 2. The normalized spacial score (nSPS) is 22.2. The minimum Gasteiger partial charge on any atom is -0.491 e. The summed E-state index contributed by atoms with van der Waals surface area (Å²) in [5.41, 5.74) is 0. The lowest BCUT2D eigenvalue weighted by Gasteiger charge is -2.31. The van der Waals surface area contributed by atoms with Crippen LogP contribution in [-0.4, -0.2) is 53.6 Å². The average Bonchev–Trinajstić information content (AvgIpc) is 2.38. The molecular formula is C14H20ClNO3. The van der Waals surface area contributed by atoms with Gasteiger partial charge in [-0.25, -0.2) is 0 Å². The van der Waals surface area contributed by atoms with Crippen molar-refractivity contribution in [3.8, 4) is 5.75 Å². The average molecular weight is 286 g/mol. The Morgan fingerprint density at radius 1 is 1.37 bits per heavy atom. The van der Waals surface area contributed by atoms with Gasteiger partial charge in [0.25, 0.3) is 0 Å². The highest BCUT2D eigenvalue weighted by Crippen LogP contribution is 2.16. The van der Waals surface area contributed by atoms with E-state index >= 15 is 0 Å². The minimum atomic E-state index is -0.555. The summed E-state index contributed by atoms with van der Waals surface area (Å²) in [5, 5.41) is 20.2. The molecule has 0 radical (unpaired) electrons. The van der Waals surface area contributed by atoms with Crippen LogP contribution in [0, 0.1) is 0 Å². The van der Waals surface area contributed by atoms with Crippen LogP contribution in [-0.2, 0) is 0 Å². The van der Waals surface area contributed by atoms with Crippen molar-refractivity contribution in [1.29, 1.82) is 0 Å². The third-order valence-electron chi connectivity index (χ3n) is 3.21. The van der Waals surface area contributed by atoms with Crippen LogP contribution < -0.4 is 4.74 Å². The van der Waals surface area contributed by atoms with Crippen LogP contribution in [0.1, 0.15) is 12.8 Å². The van der Waals surface area contributed by atoms with E-state index in [-0.39, 0.29) is 12.7 Å². The topological polar surface area (TPSA) is 52.9 Å². The molecule has 0 aliphatic carbocycles. The van der Waals surface area contributed by atoms with Crippen molar-refractivity contribution in [2.45, 2.75) is 25.0 Å². The van der Waals surface area contributed by atoms with Crippen LogP contribution in [0.25, 0.3) is 0 Å². The van der Waals surface area contributed by atoms with Gasteiger partial charge in [0.05, 0.1) is 6.10 Å². The number of aliphatic hydroxyl groups is 2. The summed E-state index contributed by atoms with van der Waals surface area (Å²) < 4.78 is 5.49. The number of β-amino-alcohol motifs (C(OH)–C–C–N with tert-alkyl or cyclic N) is 2. The molecular weight excluding hydrogens is 266 g/mol. The zero-order valence-corrected chi connectivity index (χ0v) is 11.6. The lowest BCUT2D eigenvalue weighted by Crippen LogP contribution is -2.43. The highest BCUT2D eigenvalue weighted by Gasteiger charge is 2.20. The predicted octanol–water partition coefficient (Wildman–Crippen LogP) is 1.54. The van der Waals surface area contributed by atoms with Gasteiger partial charge in [-0.05, 0) is 43.7 Å². The molecule has 1 aromatic carbocycles. The molecule has 19 heavy (non-hydrogen) atoms. The third kappa shape index (κ3) is 4.99. The number of benzene rings is 1. The van der Waals surface area contributed by atoms with E-state index in [0.717, 1.165) is 19.4 Å². The molecule has 1 saturated heterocycles. The SMILES string of the molecule is O[C@H](COc1ccc(Cl)cc1)CN1CCC[C@H](O)C1. The largest absolute Gasteiger partial charge is 0.491 e. The molecule has 0 unspecified atom stereocenters. The molecule has 2 atom stereocenters. The fourth-order valence-electron chi connectivity index (χ4n) is 2.27. The second kappa shape index (κ2) is 7.10. The van der Waals surface area contributed by atoms with Crippen molar-refractivity contribution < 1.29 is 14.9 Å². The highest BCUT2D eigenvalue weighted by molar-refractivity contribution is 6.30. The number of hydrogen-bond acceptors (Lipinski definition) is 4. The summed E-state index contributed by atoms with van der Waals surface area (Å²) in [5.74, 6) is 0.696. The first-order valence-electron chi connectivity index (χ1n) is 6.60. The van der Waals surface area contributed by atoms with E-state index in [2.05, 4.69) is 4.90 Å². The molecule has 1 aliphatic rings. The Kier molecular flexibility index (Phi) is 5.45. The Balaban J connectivity index is 1.72. The fraction of sp³-hybridized carbons (Fsp3) is 0.571. The first-order chi connectivity index (χ1) is 9.13. The summed E-state index contributed by atoms with van der Waals surface area (Å²) in [7, 11) is 0. The molecule has 0 bridgehead atoms. The van der Waals surface area contributed by atoms with Gasteiger partial charge in [0.15, 0.2) is 0 Å². The first kappa shape index (κ1) is 14.6. The number of aliphatic hydroxyl groups excluding tert-OH is 2. The van der Waals surface area contributed by atoms with Crippen LogP contribution >= 0.6 is 11.6 Å². The van der Waals surface area contributed by atoms with E-state index in [1.165, 1.54) is 0 Å². The molecule has 0 aromatic heterocycles. The monoisotopic (exact) mass is 285 g/mol. The Hall–Kier alpha value is -0.810. The lowest BCUT2D eigenvalue weighted by atomic mass is 10.1. The summed E-state index contributed by atoms with van der Waals surface area (Å²) in [6.45, 7) is 2.34. The number of ether oxygens (including phenoxy) is 1. The fourth-order valence-corrected chi connectivity index (χ4v) is 2.40. The Morgan fingerprint density at radius 2 is 2.11 bits per heavy atom. The highest BCUT2D eigenvalue weighted by atomic mass is 35.5. The number of nitrogens with zero attached hydrogens (tertiary/aromatic N) is 1. The Labute approximate surface area is 118 Å². The number of piperidine rings is 1. The summed E-state index contributed by atoms with van der Waals surface area (Å²) in [6.07, 6.45) is 1.01. The number of halogens is 1. The number of rotatable bonds is 5.